The Morgan fingerprint density at radius 3 is 2.56 bits per heavy atom. The highest BCUT2D eigenvalue weighted by Crippen LogP contribution is 2.20. The average molecular weight is 222 g/mol. The highest BCUT2D eigenvalue weighted by atomic mass is 19.2. The number of allylic oxidation sites excluding steroid dienone is 2. The van der Waals surface area contributed by atoms with Crippen LogP contribution in [-0.4, -0.2) is 5.78 Å². The number of rotatable bonds is 2. The van der Waals surface area contributed by atoms with Crippen LogP contribution in [0.5, 0.6) is 0 Å². The van der Waals surface area contributed by atoms with E-state index < -0.39 is 11.6 Å². The molecule has 0 N–H and O–H groups in total. The molecule has 3 heteroatoms. The highest BCUT2D eigenvalue weighted by Gasteiger charge is 2.11. The summed E-state index contributed by atoms with van der Waals surface area (Å²) in [6, 6.07) is 3.93. The lowest BCUT2D eigenvalue weighted by Gasteiger charge is -2.12. The second-order valence-corrected chi connectivity index (χ2v) is 4.03. The van der Waals surface area contributed by atoms with Crippen LogP contribution in [0, 0.1) is 11.6 Å². The van der Waals surface area contributed by atoms with E-state index in [1.165, 1.54) is 6.07 Å². The molecule has 84 valence electrons. The van der Waals surface area contributed by atoms with E-state index in [1.54, 1.807) is 6.07 Å². The van der Waals surface area contributed by atoms with Crippen molar-refractivity contribution in [1.82, 2.24) is 0 Å². The molecule has 1 nitrogen and oxygen atoms in total. The number of Topliss-reactive ketones (excluding diaryl/α,β-unsaturated/α-hetero) is 1. The minimum Gasteiger partial charge on any atom is -0.299 e. The van der Waals surface area contributed by atoms with Gasteiger partial charge in [-0.3, -0.25) is 4.79 Å². The maximum atomic E-state index is 12.9. The molecule has 0 radical (unpaired) electrons. The quantitative estimate of drug-likeness (QED) is 0.702. The first-order valence-corrected chi connectivity index (χ1v) is 5.28. The molecule has 0 saturated carbocycles. The molecule has 1 aliphatic carbocycles. The summed E-state index contributed by atoms with van der Waals surface area (Å²) in [6.07, 6.45) is 4.27. The van der Waals surface area contributed by atoms with Gasteiger partial charge in [0.05, 0.1) is 0 Å². The molecule has 0 bridgehead atoms. The zero-order chi connectivity index (χ0) is 11.5. The summed E-state index contributed by atoms with van der Waals surface area (Å²) in [4.78, 5) is 11.0. The third kappa shape index (κ3) is 2.54. The van der Waals surface area contributed by atoms with Gasteiger partial charge < -0.3 is 0 Å². The zero-order valence-electron chi connectivity index (χ0n) is 8.80. The number of halogens is 2. The van der Waals surface area contributed by atoms with Crippen LogP contribution in [0.1, 0.15) is 24.8 Å². The van der Waals surface area contributed by atoms with Gasteiger partial charge in [-0.1, -0.05) is 17.7 Å². The average Bonchev–Trinajstić information content (AvgIpc) is 2.27. The van der Waals surface area contributed by atoms with Gasteiger partial charge in [0.1, 0.15) is 5.78 Å². The van der Waals surface area contributed by atoms with Gasteiger partial charge >= 0.3 is 0 Å². The SMILES string of the molecule is O=C1CC=C(Cc2ccc(F)c(F)c2)CC1. The van der Waals surface area contributed by atoms with E-state index in [4.69, 9.17) is 0 Å². The molecule has 2 rings (SSSR count). The second kappa shape index (κ2) is 4.56. The van der Waals surface area contributed by atoms with Gasteiger partial charge in [0.25, 0.3) is 0 Å². The number of carbonyl (C=O) groups is 1. The van der Waals surface area contributed by atoms with Gasteiger partial charge in [-0.25, -0.2) is 8.78 Å². The molecule has 0 unspecified atom stereocenters. The predicted octanol–water partition coefficient (Wildman–Crippen LogP) is 3.19. The molecular weight excluding hydrogens is 210 g/mol. The van der Waals surface area contributed by atoms with Crippen LogP contribution in [0.25, 0.3) is 0 Å². The molecule has 0 aromatic heterocycles. The summed E-state index contributed by atoms with van der Waals surface area (Å²) < 4.78 is 25.6. The molecule has 0 fully saturated rings. The van der Waals surface area contributed by atoms with Gasteiger partial charge in [-0.05, 0) is 30.5 Å². The van der Waals surface area contributed by atoms with Crippen LogP contribution in [0.3, 0.4) is 0 Å². The van der Waals surface area contributed by atoms with E-state index in [2.05, 4.69) is 0 Å². The molecule has 0 spiro atoms. The van der Waals surface area contributed by atoms with E-state index >= 15 is 0 Å². The fourth-order valence-corrected chi connectivity index (χ4v) is 1.83. The Kier molecular flexibility index (Phi) is 3.13. The van der Waals surface area contributed by atoms with Crippen molar-refractivity contribution in [3.8, 4) is 0 Å². The molecule has 1 aromatic carbocycles. The van der Waals surface area contributed by atoms with Gasteiger partial charge in [0.2, 0.25) is 0 Å². The molecule has 16 heavy (non-hydrogen) atoms. The monoisotopic (exact) mass is 222 g/mol. The summed E-state index contributed by atoms with van der Waals surface area (Å²) in [7, 11) is 0. The number of ketones is 1. The van der Waals surface area contributed by atoms with Crippen molar-refractivity contribution in [3.05, 3.63) is 47.0 Å². The van der Waals surface area contributed by atoms with Crippen molar-refractivity contribution in [1.29, 1.82) is 0 Å². The zero-order valence-corrected chi connectivity index (χ0v) is 8.80. The van der Waals surface area contributed by atoms with Gasteiger partial charge in [-0.15, -0.1) is 0 Å². The topological polar surface area (TPSA) is 17.1 Å². The molecule has 0 atom stereocenters. The lowest BCUT2D eigenvalue weighted by molar-refractivity contribution is -0.118. The standard InChI is InChI=1S/C13H12F2O/c14-12-6-3-10(8-13(12)15)7-9-1-4-11(16)5-2-9/h1,3,6,8H,2,4-5,7H2. The van der Waals surface area contributed by atoms with Crippen LogP contribution in [0.15, 0.2) is 29.8 Å². The van der Waals surface area contributed by atoms with Crippen LogP contribution >= 0.6 is 0 Å². The maximum absolute atomic E-state index is 12.9. The third-order valence-electron chi connectivity index (χ3n) is 2.76. The molecule has 0 heterocycles. The molecule has 0 aliphatic heterocycles. The fourth-order valence-electron chi connectivity index (χ4n) is 1.83. The Balaban J connectivity index is 2.09. The first-order valence-electron chi connectivity index (χ1n) is 5.28. The van der Waals surface area contributed by atoms with E-state index in [9.17, 15) is 13.6 Å². The Labute approximate surface area is 92.8 Å². The van der Waals surface area contributed by atoms with Crippen LogP contribution < -0.4 is 0 Å². The van der Waals surface area contributed by atoms with Crippen molar-refractivity contribution in [2.24, 2.45) is 0 Å². The van der Waals surface area contributed by atoms with Gasteiger partial charge in [0.15, 0.2) is 11.6 Å². The van der Waals surface area contributed by atoms with E-state index in [0.29, 0.717) is 19.3 Å². The van der Waals surface area contributed by atoms with E-state index in [-0.39, 0.29) is 5.78 Å². The highest BCUT2D eigenvalue weighted by molar-refractivity contribution is 5.81. The summed E-state index contributed by atoms with van der Waals surface area (Å²) in [5.74, 6) is -1.39. The van der Waals surface area contributed by atoms with Crippen molar-refractivity contribution < 1.29 is 13.6 Å². The molecule has 0 saturated heterocycles. The minimum absolute atomic E-state index is 0.244. The summed E-state index contributed by atoms with van der Waals surface area (Å²) in [6.45, 7) is 0. The Bertz CT molecular complexity index is 449. The van der Waals surface area contributed by atoms with Crippen molar-refractivity contribution in [2.45, 2.75) is 25.7 Å². The third-order valence-corrected chi connectivity index (χ3v) is 2.76. The predicted molar refractivity (Wildman–Crippen MR) is 57.0 cm³/mol. The smallest absolute Gasteiger partial charge is 0.159 e. The van der Waals surface area contributed by atoms with E-state index in [1.807, 2.05) is 6.08 Å². The lowest BCUT2D eigenvalue weighted by Crippen LogP contribution is -2.05. The fraction of sp³-hybridized carbons (Fsp3) is 0.308. The Morgan fingerprint density at radius 2 is 1.94 bits per heavy atom. The number of benzene rings is 1. The van der Waals surface area contributed by atoms with Crippen molar-refractivity contribution in [3.63, 3.8) is 0 Å². The van der Waals surface area contributed by atoms with Crippen molar-refractivity contribution >= 4 is 5.78 Å². The maximum Gasteiger partial charge on any atom is 0.159 e. The Morgan fingerprint density at radius 1 is 1.12 bits per heavy atom. The molecule has 1 aliphatic rings. The van der Waals surface area contributed by atoms with Crippen molar-refractivity contribution in [2.75, 3.05) is 0 Å². The van der Waals surface area contributed by atoms with Crippen LogP contribution in [0.4, 0.5) is 8.78 Å². The summed E-state index contributed by atoms with van der Waals surface area (Å²) in [5.41, 5.74) is 1.88. The Hall–Kier alpha value is -1.51. The second-order valence-electron chi connectivity index (χ2n) is 4.03. The largest absolute Gasteiger partial charge is 0.299 e. The van der Waals surface area contributed by atoms with Gasteiger partial charge in [0, 0.05) is 12.8 Å². The van der Waals surface area contributed by atoms with Crippen LogP contribution in [0.2, 0.25) is 0 Å². The van der Waals surface area contributed by atoms with Gasteiger partial charge in [-0.2, -0.15) is 0 Å². The molecule has 0 amide bonds. The summed E-state index contributed by atoms with van der Waals surface area (Å²) in [5, 5.41) is 0. The first kappa shape index (κ1) is 11.0. The molecule has 1 aromatic rings. The number of hydrogen-bond donors (Lipinski definition) is 0. The lowest BCUT2D eigenvalue weighted by atomic mass is 9.93. The summed E-state index contributed by atoms with van der Waals surface area (Å²) >= 11 is 0. The number of hydrogen-bond acceptors (Lipinski definition) is 1. The first-order chi connectivity index (χ1) is 7.65. The normalized spacial score (nSPS) is 16.1. The minimum atomic E-state index is -0.823. The number of carbonyl (C=O) groups excluding carboxylic acids is 1. The van der Waals surface area contributed by atoms with Crippen LogP contribution in [-0.2, 0) is 11.2 Å². The van der Waals surface area contributed by atoms with E-state index in [0.717, 1.165) is 23.6 Å². The molecular formula is C13H12F2O.